The molecule has 2 atom stereocenters. The Morgan fingerprint density at radius 3 is 2.15 bits per heavy atom. The predicted molar refractivity (Wildman–Crippen MR) is 151 cm³/mol. The summed E-state index contributed by atoms with van der Waals surface area (Å²) < 4.78 is 22.4. The van der Waals surface area contributed by atoms with Crippen LogP contribution in [0.5, 0.6) is 0 Å². The number of carbonyl (C=O) groups is 3. The molecule has 0 unspecified atom stereocenters. The minimum absolute atomic E-state index is 0.207. The molecule has 40 heavy (non-hydrogen) atoms. The molecule has 0 aromatic heterocycles. The van der Waals surface area contributed by atoms with Crippen LogP contribution in [0.15, 0.2) is 54.6 Å². The summed E-state index contributed by atoms with van der Waals surface area (Å²) in [5.74, 6) is -0.583. The first-order valence-electron chi connectivity index (χ1n) is 13.4. The second-order valence-electron chi connectivity index (χ2n) is 11.6. The van der Waals surface area contributed by atoms with Crippen molar-refractivity contribution in [3.05, 3.63) is 65.7 Å². The molecule has 0 radical (unpaired) electrons. The highest BCUT2D eigenvalue weighted by atomic mass is 16.6. The number of hydrogen-bond acceptors (Lipinski definition) is 8. The van der Waals surface area contributed by atoms with Gasteiger partial charge in [-0.1, -0.05) is 42.5 Å². The van der Waals surface area contributed by atoms with Crippen LogP contribution in [0.3, 0.4) is 0 Å². The molecular weight excluding hydrogens is 514 g/mol. The molecule has 3 N–H and O–H groups in total. The Balaban J connectivity index is 1.61. The van der Waals surface area contributed by atoms with Gasteiger partial charge in [-0.2, -0.15) is 0 Å². The molecule has 1 saturated heterocycles. The van der Waals surface area contributed by atoms with Crippen molar-refractivity contribution in [1.82, 2.24) is 10.6 Å². The predicted octanol–water partition coefficient (Wildman–Crippen LogP) is 5.09. The van der Waals surface area contributed by atoms with E-state index in [9.17, 15) is 14.4 Å². The van der Waals surface area contributed by atoms with E-state index in [4.69, 9.17) is 18.9 Å². The lowest BCUT2D eigenvalue weighted by Crippen LogP contribution is -2.59. The van der Waals surface area contributed by atoms with Crippen molar-refractivity contribution in [1.29, 1.82) is 0 Å². The summed E-state index contributed by atoms with van der Waals surface area (Å²) in [6, 6.07) is 16.8. The molecular formula is C30H41N3O7. The van der Waals surface area contributed by atoms with E-state index in [1.54, 1.807) is 41.5 Å². The quantitative estimate of drug-likeness (QED) is 0.222. The third-order valence-electron chi connectivity index (χ3n) is 5.87. The zero-order valence-corrected chi connectivity index (χ0v) is 24.2. The SMILES string of the molecule is CC(C)(C)OC(=O)N[C@]1(C(=O)OC(C)(C)C)CCO[C@H]1c1ccc(NCCNC(=O)OCc2ccccc2)cc1. The normalized spacial score (nSPS) is 18.9. The Labute approximate surface area is 236 Å². The summed E-state index contributed by atoms with van der Waals surface area (Å²) >= 11 is 0. The van der Waals surface area contributed by atoms with Crippen LogP contribution < -0.4 is 16.0 Å². The molecule has 218 valence electrons. The maximum Gasteiger partial charge on any atom is 0.408 e. The number of esters is 1. The van der Waals surface area contributed by atoms with Crippen LogP contribution in [-0.4, -0.2) is 54.6 Å². The van der Waals surface area contributed by atoms with E-state index in [0.29, 0.717) is 18.7 Å². The Hall–Kier alpha value is -3.79. The molecule has 2 aromatic rings. The van der Waals surface area contributed by atoms with Crippen molar-refractivity contribution in [2.75, 3.05) is 25.0 Å². The molecule has 10 nitrogen and oxygen atoms in total. The van der Waals surface area contributed by atoms with Gasteiger partial charge in [0.1, 0.15) is 23.9 Å². The van der Waals surface area contributed by atoms with Gasteiger partial charge in [-0.05, 0) is 64.8 Å². The van der Waals surface area contributed by atoms with Crippen LogP contribution in [0.2, 0.25) is 0 Å². The summed E-state index contributed by atoms with van der Waals surface area (Å²) in [5, 5.41) is 8.72. The third-order valence-corrected chi connectivity index (χ3v) is 5.87. The summed E-state index contributed by atoms with van der Waals surface area (Å²) in [4.78, 5) is 38.2. The van der Waals surface area contributed by atoms with Crippen molar-refractivity contribution in [2.45, 2.75) is 77.4 Å². The average molecular weight is 556 g/mol. The van der Waals surface area contributed by atoms with Crippen LogP contribution in [0.1, 0.15) is 65.2 Å². The lowest BCUT2D eigenvalue weighted by Gasteiger charge is -2.36. The highest BCUT2D eigenvalue weighted by Gasteiger charge is 2.55. The van der Waals surface area contributed by atoms with Crippen LogP contribution in [0.4, 0.5) is 15.3 Å². The van der Waals surface area contributed by atoms with Crippen molar-refractivity contribution in [3.63, 3.8) is 0 Å². The van der Waals surface area contributed by atoms with Gasteiger partial charge in [0.25, 0.3) is 0 Å². The number of anilines is 1. The van der Waals surface area contributed by atoms with Gasteiger partial charge in [0.05, 0.1) is 6.61 Å². The Bertz CT molecular complexity index is 1140. The minimum atomic E-state index is -1.45. The van der Waals surface area contributed by atoms with E-state index >= 15 is 0 Å². The van der Waals surface area contributed by atoms with E-state index in [-0.39, 0.29) is 19.6 Å². The summed E-state index contributed by atoms with van der Waals surface area (Å²) in [6.07, 6.45) is -1.75. The number of benzene rings is 2. The maximum absolute atomic E-state index is 13.5. The molecule has 0 spiro atoms. The fourth-order valence-electron chi connectivity index (χ4n) is 4.16. The number of nitrogens with one attached hydrogen (secondary N) is 3. The van der Waals surface area contributed by atoms with Crippen molar-refractivity contribution >= 4 is 23.8 Å². The monoisotopic (exact) mass is 555 g/mol. The molecule has 1 aliphatic heterocycles. The third kappa shape index (κ3) is 9.15. The van der Waals surface area contributed by atoms with Gasteiger partial charge >= 0.3 is 18.2 Å². The van der Waals surface area contributed by atoms with Gasteiger partial charge in [0.15, 0.2) is 5.54 Å². The smallest absolute Gasteiger partial charge is 0.408 e. The molecule has 10 heteroatoms. The van der Waals surface area contributed by atoms with E-state index in [0.717, 1.165) is 11.3 Å². The maximum atomic E-state index is 13.5. The first-order chi connectivity index (χ1) is 18.8. The van der Waals surface area contributed by atoms with Gasteiger partial charge in [-0.15, -0.1) is 0 Å². The van der Waals surface area contributed by atoms with Crippen molar-refractivity contribution in [2.24, 2.45) is 0 Å². The van der Waals surface area contributed by atoms with Gasteiger partial charge in [0.2, 0.25) is 0 Å². The first kappa shape index (κ1) is 30.7. The van der Waals surface area contributed by atoms with E-state index in [1.807, 2.05) is 54.6 Å². The number of carbonyl (C=O) groups excluding carboxylic acids is 3. The van der Waals surface area contributed by atoms with Crippen molar-refractivity contribution in [3.8, 4) is 0 Å². The number of alkyl carbamates (subject to hydrolysis) is 2. The van der Waals surface area contributed by atoms with E-state index < -0.39 is 41.0 Å². The van der Waals surface area contributed by atoms with Crippen LogP contribution in [0, 0.1) is 0 Å². The summed E-state index contributed by atoms with van der Waals surface area (Å²) in [5.41, 5.74) is -0.526. The van der Waals surface area contributed by atoms with E-state index in [1.165, 1.54) is 0 Å². The van der Waals surface area contributed by atoms with Crippen molar-refractivity contribution < 1.29 is 33.3 Å². The van der Waals surface area contributed by atoms with Gasteiger partial charge < -0.3 is 34.9 Å². The lowest BCUT2D eigenvalue weighted by molar-refractivity contribution is -0.166. The molecule has 1 aliphatic rings. The lowest BCUT2D eigenvalue weighted by atomic mass is 9.86. The number of amides is 2. The molecule has 2 aromatic carbocycles. The van der Waals surface area contributed by atoms with Gasteiger partial charge in [-0.25, -0.2) is 14.4 Å². The molecule has 3 rings (SSSR count). The number of rotatable bonds is 9. The van der Waals surface area contributed by atoms with Gasteiger partial charge in [0, 0.05) is 25.2 Å². The topological polar surface area (TPSA) is 124 Å². The Morgan fingerprint density at radius 2 is 1.52 bits per heavy atom. The minimum Gasteiger partial charge on any atom is -0.458 e. The van der Waals surface area contributed by atoms with E-state index in [2.05, 4.69) is 16.0 Å². The molecule has 0 bridgehead atoms. The zero-order chi connectivity index (χ0) is 29.4. The van der Waals surface area contributed by atoms with Crippen LogP contribution in [0.25, 0.3) is 0 Å². The fourth-order valence-corrected chi connectivity index (χ4v) is 4.16. The second kappa shape index (κ2) is 13.0. The molecule has 1 heterocycles. The molecule has 0 aliphatic carbocycles. The van der Waals surface area contributed by atoms with Gasteiger partial charge in [-0.3, -0.25) is 0 Å². The van der Waals surface area contributed by atoms with Crippen LogP contribution >= 0.6 is 0 Å². The summed E-state index contributed by atoms with van der Waals surface area (Å²) in [7, 11) is 0. The number of ether oxygens (including phenoxy) is 4. The number of hydrogen-bond donors (Lipinski definition) is 3. The highest BCUT2D eigenvalue weighted by molar-refractivity contribution is 5.87. The standard InChI is InChI=1S/C30H41N3O7/c1-28(2,3)39-25(34)30(33-27(36)40-29(4,5)6)16-19-37-24(30)22-12-14-23(15-13-22)31-17-18-32-26(35)38-20-21-10-8-7-9-11-21/h7-15,24,31H,16-20H2,1-6H3,(H,32,35)(H,33,36)/t24-,30+/m0/s1. The highest BCUT2D eigenvalue weighted by Crippen LogP contribution is 2.40. The molecule has 1 fully saturated rings. The largest absolute Gasteiger partial charge is 0.458 e. The fraction of sp³-hybridized carbons (Fsp3) is 0.500. The van der Waals surface area contributed by atoms with Crippen LogP contribution in [-0.2, 0) is 30.3 Å². The summed E-state index contributed by atoms with van der Waals surface area (Å²) in [6.45, 7) is 11.9. The molecule has 2 amide bonds. The Kier molecular flexibility index (Phi) is 10.0. The average Bonchev–Trinajstić information content (AvgIpc) is 3.29. The second-order valence-corrected chi connectivity index (χ2v) is 11.6. The molecule has 0 saturated carbocycles. The Morgan fingerprint density at radius 1 is 0.875 bits per heavy atom. The first-order valence-corrected chi connectivity index (χ1v) is 13.4. The zero-order valence-electron chi connectivity index (χ0n) is 24.2.